The number of hydrogen-bond acceptors (Lipinski definition) is 5. The van der Waals surface area contributed by atoms with Crippen molar-refractivity contribution in [2.45, 2.75) is 95.9 Å². The summed E-state index contributed by atoms with van der Waals surface area (Å²) >= 11 is 0. The molecule has 208 valence electrons. The second-order valence-corrected chi connectivity index (χ2v) is 11.8. The number of carbonyl (C=O) groups excluding carboxylic acids is 3. The van der Waals surface area contributed by atoms with E-state index in [9.17, 15) is 19.5 Å². The molecule has 3 heterocycles. The number of nitrogens with zero attached hydrogens (tertiary/aromatic N) is 3. The van der Waals surface area contributed by atoms with Gasteiger partial charge in [0.1, 0.15) is 11.6 Å². The summed E-state index contributed by atoms with van der Waals surface area (Å²) < 4.78 is 6.88. The number of unbranched alkanes of at least 4 members (excludes halogenated alkanes) is 1. The topological polar surface area (TPSA) is 90.4 Å². The molecular formula is C29H47N3O5. The Bertz CT molecular complexity index is 898. The second kappa shape index (κ2) is 11.3. The van der Waals surface area contributed by atoms with E-state index in [1.807, 2.05) is 34.6 Å². The van der Waals surface area contributed by atoms with Gasteiger partial charge >= 0.3 is 0 Å². The summed E-state index contributed by atoms with van der Waals surface area (Å²) in [7, 11) is 0. The van der Waals surface area contributed by atoms with Gasteiger partial charge in [-0.25, -0.2) is 0 Å². The highest BCUT2D eigenvalue weighted by atomic mass is 16.5. The number of hydrogen-bond donors (Lipinski definition) is 1. The molecule has 0 aromatic rings. The van der Waals surface area contributed by atoms with Crippen molar-refractivity contribution in [1.29, 1.82) is 0 Å². The van der Waals surface area contributed by atoms with E-state index in [1.165, 1.54) is 0 Å². The molecule has 8 nitrogen and oxygen atoms in total. The maximum atomic E-state index is 14.4. The van der Waals surface area contributed by atoms with Crippen molar-refractivity contribution in [2.75, 3.05) is 32.8 Å². The minimum Gasteiger partial charge on any atom is -0.396 e. The third-order valence-electron chi connectivity index (χ3n) is 8.53. The van der Waals surface area contributed by atoms with Gasteiger partial charge in [0.15, 0.2) is 0 Å². The molecule has 1 N–H and O–H groups in total. The van der Waals surface area contributed by atoms with Crippen molar-refractivity contribution in [3.63, 3.8) is 0 Å². The number of aliphatic hydroxyl groups excluding tert-OH is 1. The predicted octanol–water partition coefficient (Wildman–Crippen LogP) is 3.15. The third kappa shape index (κ3) is 4.87. The van der Waals surface area contributed by atoms with E-state index < -0.39 is 34.6 Å². The molecule has 3 fully saturated rings. The van der Waals surface area contributed by atoms with Gasteiger partial charge in [-0.1, -0.05) is 26.0 Å². The lowest BCUT2D eigenvalue weighted by Crippen LogP contribution is -2.60. The minimum atomic E-state index is -1.04. The van der Waals surface area contributed by atoms with Crippen LogP contribution in [-0.4, -0.2) is 93.1 Å². The van der Waals surface area contributed by atoms with Crippen molar-refractivity contribution >= 4 is 17.7 Å². The third-order valence-corrected chi connectivity index (χ3v) is 8.53. The monoisotopic (exact) mass is 517 g/mol. The van der Waals surface area contributed by atoms with E-state index in [1.54, 1.807) is 26.9 Å². The van der Waals surface area contributed by atoms with Crippen molar-refractivity contribution in [2.24, 2.45) is 11.8 Å². The number of ether oxygens (including phenoxy) is 1. The lowest BCUT2D eigenvalue weighted by atomic mass is 9.64. The summed E-state index contributed by atoms with van der Waals surface area (Å²) in [6.07, 6.45) is 7.13. The van der Waals surface area contributed by atoms with Gasteiger partial charge in [0.05, 0.1) is 17.4 Å². The van der Waals surface area contributed by atoms with E-state index in [2.05, 4.69) is 13.2 Å². The molecule has 0 radical (unpaired) electrons. The van der Waals surface area contributed by atoms with Crippen LogP contribution in [0, 0.1) is 11.8 Å². The maximum absolute atomic E-state index is 14.4. The van der Waals surface area contributed by atoms with Gasteiger partial charge in [-0.2, -0.15) is 0 Å². The summed E-state index contributed by atoms with van der Waals surface area (Å²) in [5, 5.41) is 9.38. The first-order valence-electron chi connectivity index (χ1n) is 13.9. The van der Waals surface area contributed by atoms with Gasteiger partial charge < -0.3 is 24.5 Å². The highest BCUT2D eigenvalue weighted by Crippen LogP contribution is 2.64. The average Bonchev–Trinajstić information content (AvgIpc) is 3.45. The van der Waals surface area contributed by atoms with Crippen LogP contribution >= 0.6 is 0 Å². The summed E-state index contributed by atoms with van der Waals surface area (Å²) in [5.74, 6) is -1.75. The fourth-order valence-electron chi connectivity index (χ4n) is 6.89. The zero-order valence-corrected chi connectivity index (χ0v) is 23.5. The number of fused-ring (bicyclic) bond motifs is 1. The van der Waals surface area contributed by atoms with Crippen LogP contribution in [0.15, 0.2) is 25.3 Å². The van der Waals surface area contributed by atoms with Crippen LogP contribution in [0.25, 0.3) is 0 Å². The largest absolute Gasteiger partial charge is 0.396 e. The Hall–Kier alpha value is -2.19. The number of likely N-dealkylation sites (tertiary alicyclic amines) is 1. The van der Waals surface area contributed by atoms with Crippen LogP contribution in [-0.2, 0) is 19.1 Å². The van der Waals surface area contributed by atoms with Crippen LogP contribution in [0.2, 0.25) is 0 Å². The fraction of sp³-hybridized carbons (Fsp3) is 0.759. The van der Waals surface area contributed by atoms with Crippen molar-refractivity contribution in [3.8, 4) is 0 Å². The Labute approximate surface area is 222 Å². The molecule has 0 aromatic carbocycles. The van der Waals surface area contributed by atoms with Crippen molar-refractivity contribution in [1.82, 2.24) is 14.7 Å². The molecule has 3 amide bonds. The minimum absolute atomic E-state index is 0.0177. The van der Waals surface area contributed by atoms with Crippen molar-refractivity contribution < 1.29 is 24.2 Å². The summed E-state index contributed by atoms with van der Waals surface area (Å²) in [6, 6.07) is -0.812. The molecule has 3 aliphatic heterocycles. The zero-order chi connectivity index (χ0) is 27.6. The standard InChI is InChI=1S/C29H47N3O5/c1-8-16-30(17-9-2)24(34)21-22-25(35)31(19-12-13-20-33)23(26(36)32(18-10-3)27(5,6)7)29(22)15-14-28(21,11-4)37-29/h8,10,21-23,33H,1,3,9,11-20H2,2,4-7H3/t21-,22+,23?,28+,29?/m1/s1. The molecule has 3 saturated heterocycles. The summed E-state index contributed by atoms with van der Waals surface area (Å²) in [4.78, 5) is 47.9. The van der Waals surface area contributed by atoms with Gasteiger partial charge in [-0.15, -0.1) is 13.2 Å². The van der Waals surface area contributed by atoms with Gasteiger partial charge in [0, 0.05) is 38.3 Å². The molecule has 1 spiro atoms. The Morgan fingerprint density at radius 3 is 2.35 bits per heavy atom. The lowest BCUT2D eigenvalue weighted by Gasteiger charge is -2.42. The first-order chi connectivity index (χ1) is 17.5. The average molecular weight is 518 g/mol. The van der Waals surface area contributed by atoms with Gasteiger partial charge in [-0.3, -0.25) is 14.4 Å². The van der Waals surface area contributed by atoms with Crippen LogP contribution in [0.4, 0.5) is 0 Å². The fourth-order valence-corrected chi connectivity index (χ4v) is 6.89. The maximum Gasteiger partial charge on any atom is 0.249 e. The molecule has 3 aliphatic rings. The molecule has 0 aromatic heterocycles. The van der Waals surface area contributed by atoms with Crippen LogP contribution < -0.4 is 0 Å². The number of amides is 3. The molecule has 2 unspecified atom stereocenters. The second-order valence-electron chi connectivity index (χ2n) is 11.8. The van der Waals surface area contributed by atoms with Crippen LogP contribution in [0.1, 0.15) is 73.1 Å². The number of carbonyl (C=O) groups is 3. The zero-order valence-electron chi connectivity index (χ0n) is 23.5. The first-order valence-corrected chi connectivity index (χ1v) is 13.9. The number of rotatable bonds is 13. The Balaban J connectivity index is 2.12. The smallest absolute Gasteiger partial charge is 0.249 e. The van der Waals surface area contributed by atoms with E-state index in [-0.39, 0.29) is 24.3 Å². The Kier molecular flexibility index (Phi) is 8.95. The summed E-state index contributed by atoms with van der Waals surface area (Å²) in [5.41, 5.74) is -2.29. The van der Waals surface area contributed by atoms with E-state index in [0.29, 0.717) is 58.3 Å². The van der Waals surface area contributed by atoms with Gasteiger partial charge in [-0.05, 0) is 59.3 Å². The molecule has 2 bridgehead atoms. The van der Waals surface area contributed by atoms with Crippen molar-refractivity contribution in [3.05, 3.63) is 25.3 Å². The van der Waals surface area contributed by atoms with E-state index in [0.717, 1.165) is 6.42 Å². The van der Waals surface area contributed by atoms with Gasteiger partial charge in [0.2, 0.25) is 17.7 Å². The Morgan fingerprint density at radius 2 is 1.81 bits per heavy atom. The van der Waals surface area contributed by atoms with E-state index in [4.69, 9.17) is 4.74 Å². The van der Waals surface area contributed by atoms with Gasteiger partial charge in [0.25, 0.3) is 0 Å². The predicted molar refractivity (Wildman–Crippen MR) is 144 cm³/mol. The number of aliphatic hydroxyl groups is 1. The Morgan fingerprint density at radius 1 is 1.14 bits per heavy atom. The lowest BCUT2D eigenvalue weighted by molar-refractivity contribution is -0.157. The highest BCUT2D eigenvalue weighted by molar-refractivity contribution is 5.99. The highest BCUT2D eigenvalue weighted by Gasteiger charge is 2.79. The van der Waals surface area contributed by atoms with E-state index >= 15 is 0 Å². The molecule has 0 aliphatic carbocycles. The van der Waals surface area contributed by atoms with Crippen LogP contribution in [0.5, 0.6) is 0 Å². The molecule has 3 rings (SSSR count). The van der Waals surface area contributed by atoms with Crippen LogP contribution in [0.3, 0.4) is 0 Å². The molecule has 0 saturated carbocycles. The molecule has 5 atom stereocenters. The quantitative estimate of drug-likeness (QED) is 0.299. The molecule has 8 heteroatoms. The SMILES string of the molecule is C=CCN(CCC)C(=O)[C@H]1[C@H]2C(=O)N(CCCCO)C(C(=O)N(CC=C)C(C)(C)C)C23CC[C@]1(CC)O3. The first kappa shape index (κ1) is 29.4. The summed E-state index contributed by atoms with van der Waals surface area (Å²) in [6.45, 7) is 19.3. The molecular weight excluding hydrogens is 470 g/mol. The normalized spacial score (nSPS) is 30.4. The molecule has 37 heavy (non-hydrogen) atoms.